The van der Waals surface area contributed by atoms with E-state index in [1.54, 1.807) is 0 Å². The van der Waals surface area contributed by atoms with Crippen LogP contribution >= 0.6 is 0 Å². The zero-order chi connectivity index (χ0) is 12.8. The molecule has 1 unspecified atom stereocenters. The summed E-state index contributed by atoms with van der Waals surface area (Å²) in [6, 6.07) is 0. The minimum Gasteiger partial charge on any atom is -0.393 e. The molecule has 17 heavy (non-hydrogen) atoms. The third-order valence-corrected chi connectivity index (χ3v) is 3.26. The highest BCUT2D eigenvalue weighted by atomic mass is 16.3. The van der Waals surface area contributed by atoms with Crippen LogP contribution in [0.25, 0.3) is 0 Å². The Hall–Kier alpha value is -0.870. The quantitative estimate of drug-likeness (QED) is 0.713. The van der Waals surface area contributed by atoms with Crippen LogP contribution in [0.15, 0.2) is 0 Å². The topological polar surface area (TPSA) is 50.1 Å². The second-order valence-electron chi connectivity index (χ2n) is 4.49. The number of hydrogen-bond donors (Lipinski definition) is 2. The second kappa shape index (κ2) is 6.77. The molecule has 1 aromatic heterocycles. The zero-order valence-electron chi connectivity index (χ0n) is 11.5. The summed E-state index contributed by atoms with van der Waals surface area (Å²) in [7, 11) is 0. The number of aryl methyl sites for hydroxylation is 2. The van der Waals surface area contributed by atoms with Crippen LogP contribution < -0.4 is 5.32 Å². The Morgan fingerprint density at radius 2 is 2.06 bits per heavy atom. The minimum absolute atomic E-state index is 0.178. The number of aromatic nitrogens is 2. The lowest BCUT2D eigenvalue weighted by molar-refractivity contribution is 0.159. The predicted octanol–water partition coefficient (Wildman–Crippen LogP) is 1.77. The molecule has 4 heteroatoms. The van der Waals surface area contributed by atoms with Crippen LogP contribution in [-0.4, -0.2) is 27.5 Å². The van der Waals surface area contributed by atoms with Crippen molar-refractivity contribution in [3.63, 3.8) is 0 Å². The largest absolute Gasteiger partial charge is 0.393 e. The van der Waals surface area contributed by atoms with Crippen LogP contribution in [0.3, 0.4) is 0 Å². The van der Waals surface area contributed by atoms with Crippen LogP contribution in [-0.2, 0) is 13.1 Å². The van der Waals surface area contributed by atoms with Crippen molar-refractivity contribution in [2.45, 2.75) is 59.7 Å². The van der Waals surface area contributed by atoms with Gasteiger partial charge in [0.05, 0.1) is 11.8 Å². The highest BCUT2D eigenvalue weighted by molar-refractivity contribution is 5.24. The number of nitrogens with zero attached hydrogens (tertiary/aromatic N) is 2. The lowest BCUT2D eigenvalue weighted by Gasteiger charge is -2.09. The average Bonchev–Trinajstić information content (AvgIpc) is 2.60. The van der Waals surface area contributed by atoms with Crippen molar-refractivity contribution in [2.24, 2.45) is 0 Å². The van der Waals surface area contributed by atoms with E-state index in [9.17, 15) is 5.11 Å². The monoisotopic (exact) mass is 239 g/mol. The summed E-state index contributed by atoms with van der Waals surface area (Å²) in [6.07, 6.45) is 1.47. The molecular weight excluding hydrogens is 214 g/mol. The maximum Gasteiger partial charge on any atom is 0.0641 e. The van der Waals surface area contributed by atoms with Crippen LogP contribution in [0.2, 0.25) is 0 Å². The van der Waals surface area contributed by atoms with Crippen molar-refractivity contribution in [2.75, 3.05) is 6.54 Å². The van der Waals surface area contributed by atoms with E-state index in [1.165, 1.54) is 11.3 Å². The lowest BCUT2D eigenvalue weighted by Crippen LogP contribution is -2.20. The molecule has 0 saturated heterocycles. The van der Waals surface area contributed by atoms with Crippen molar-refractivity contribution in [3.8, 4) is 0 Å². The Morgan fingerprint density at radius 3 is 2.59 bits per heavy atom. The van der Waals surface area contributed by atoms with Gasteiger partial charge in [0.1, 0.15) is 0 Å². The van der Waals surface area contributed by atoms with Gasteiger partial charge in [-0.25, -0.2) is 0 Å². The molecule has 1 atom stereocenters. The summed E-state index contributed by atoms with van der Waals surface area (Å²) < 4.78 is 2.03. The summed E-state index contributed by atoms with van der Waals surface area (Å²) in [4.78, 5) is 0. The zero-order valence-corrected chi connectivity index (χ0v) is 11.5. The van der Waals surface area contributed by atoms with Gasteiger partial charge in [-0.3, -0.25) is 4.68 Å². The first kappa shape index (κ1) is 14.2. The van der Waals surface area contributed by atoms with Gasteiger partial charge in [-0.2, -0.15) is 5.10 Å². The summed E-state index contributed by atoms with van der Waals surface area (Å²) >= 11 is 0. The Morgan fingerprint density at radius 1 is 1.35 bits per heavy atom. The molecule has 0 saturated carbocycles. The molecule has 1 heterocycles. The van der Waals surface area contributed by atoms with Crippen molar-refractivity contribution in [1.82, 2.24) is 15.1 Å². The van der Waals surface area contributed by atoms with E-state index in [4.69, 9.17) is 0 Å². The van der Waals surface area contributed by atoms with Gasteiger partial charge in [0.25, 0.3) is 0 Å². The Bertz CT molecular complexity index is 347. The average molecular weight is 239 g/mol. The Labute approximate surface area is 104 Å². The molecule has 0 aliphatic rings. The number of rotatable bonds is 7. The molecule has 0 bridgehead atoms. The molecule has 2 N–H and O–H groups in total. The van der Waals surface area contributed by atoms with Crippen LogP contribution in [0.5, 0.6) is 0 Å². The first-order valence-corrected chi connectivity index (χ1v) is 6.51. The predicted molar refractivity (Wildman–Crippen MR) is 70.0 cm³/mol. The van der Waals surface area contributed by atoms with Gasteiger partial charge in [0, 0.05) is 24.3 Å². The summed E-state index contributed by atoms with van der Waals surface area (Å²) in [5, 5.41) is 17.3. The van der Waals surface area contributed by atoms with Gasteiger partial charge in [-0.05, 0) is 40.2 Å². The summed E-state index contributed by atoms with van der Waals surface area (Å²) in [5.41, 5.74) is 3.64. The molecule has 0 fully saturated rings. The van der Waals surface area contributed by atoms with Gasteiger partial charge in [-0.15, -0.1) is 0 Å². The fourth-order valence-corrected chi connectivity index (χ4v) is 1.98. The van der Waals surface area contributed by atoms with Gasteiger partial charge in [0.2, 0.25) is 0 Å². The van der Waals surface area contributed by atoms with Crippen LogP contribution in [0.1, 0.15) is 43.6 Å². The summed E-state index contributed by atoms with van der Waals surface area (Å²) in [5.74, 6) is 0. The molecule has 0 aliphatic heterocycles. The molecular formula is C13H25N3O. The van der Waals surface area contributed by atoms with Crippen LogP contribution in [0.4, 0.5) is 0 Å². The van der Waals surface area contributed by atoms with Crippen molar-refractivity contribution in [1.29, 1.82) is 0 Å². The van der Waals surface area contributed by atoms with Gasteiger partial charge in [0.15, 0.2) is 0 Å². The number of nitrogens with one attached hydrogen (secondary N) is 1. The smallest absolute Gasteiger partial charge is 0.0641 e. The van der Waals surface area contributed by atoms with E-state index in [1.807, 2.05) is 11.6 Å². The number of aliphatic hydroxyl groups is 1. The first-order valence-electron chi connectivity index (χ1n) is 6.51. The number of hydrogen-bond acceptors (Lipinski definition) is 3. The van der Waals surface area contributed by atoms with Gasteiger partial charge in [-0.1, -0.05) is 6.92 Å². The molecule has 1 aromatic rings. The minimum atomic E-state index is -0.178. The summed E-state index contributed by atoms with van der Waals surface area (Å²) in [6.45, 7) is 10.9. The van der Waals surface area contributed by atoms with Gasteiger partial charge < -0.3 is 10.4 Å². The third-order valence-electron chi connectivity index (χ3n) is 3.26. The van der Waals surface area contributed by atoms with Gasteiger partial charge >= 0.3 is 0 Å². The standard InChI is InChI=1S/C13H25N3O/c1-5-12(17)7-8-14-9-13-10(3)15-16(6-2)11(13)4/h12,14,17H,5-9H2,1-4H3. The van der Waals surface area contributed by atoms with Crippen molar-refractivity contribution < 1.29 is 5.11 Å². The molecule has 0 spiro atoms. The van der Waals surface area contributed by atoms with Crippen molar-refractivity contribution >= 4 is 0 Å². The van der Waals surface area contributed by atoms with E-state index in [-0.39, 0.29) is 6.10 Å². The molecule has 0 aromatic carbocycles. The van der Waals surface area contributed by atoms with E-state index in [0.29, 0.717) is 0 Å². The normalized spacial score (nSPS) is 13.0. The molecule has 4 nitrogen and oxygen atoms in total. The molecule has 0 amide bonds. The molecule has 1 rings (SSSR count). The Kier molecular flexibility index (Phi) is 5.65. The van der Waals surface area contributed by atoms with E-state index >= 15 is 0 Å². The van der Waals surface area contributed by atoms with E-state index in [2.05, 4.69) is 31.2 Å². The molecule has 0 aliphatic carbocycles. The Balaban J connectivity index is 2.44. The SMILES string of the molecule is CCC(O)CCNCc1c(C)nn(CC)c1C. The van der Waals surface area contributed by atoms with Crippen molar-refractivity contribution in [3.05, 3.63) is 17.0 Å². The maximum absolute atomic E-state index is 9.45. The third kappa shape index (κ3) is 3.82. The fourth-order valence-electron chi connectivity index (χ4n) is 1.98. The maximum atomic E-state index is 9.45. The highest BCUT2D eigenvalue weighted by Gasteiger charge is 2.09. The van der Waals surface area contributed by atoms with E-state index < -0.39 is 0 Å². The first-order chi connectivity index (χ1) is 8.10. The molecule has 0 radical (unpaired) electrons. The molecule has 98 valence electrons. The van der Waals surface area contributed by atoms with E-state index in [0.717, 1.165) is 38.2 Å². The lowest BCUT2D eigenvalue weighted by atomic mass is 10.2. The van der Waals surface area contributed by atoms with Crippen LogP contribution in [0, 0.1) is 13.8 Å². The second-order valence-corrected chi connectivity index (χ2v) is 4.49. The highest BCUT2D eigenvalue weighted by Crippen LogP contribution is 2.12. The number of aliphatic hydroxyl groups excluding tert-OH is 1. The fraction of sp³-hybridized carbons (Fsp3) is 0.769.